The molecule has 1 fully saturated rings. The van der Waals surface area contributed by atoms with E-state index >= 15 is 0 Å². The Morgan fingerprint density at radius 3 is 2.76 bits per heavy atom. The van der Waals surface area contributed by atoms with Crippen LogP contribution < -0.4 is 0 Å². The standard InChI is InChI=1S/C14H13Cl2NO4/c15-10-3-1-9(7-11(10)16)2-4-13(18)17-5-6-21-8-12(17)14(19)20/h1-4,7,12H,5-6,8H2,(H,19,20). The molecule has 0 bridgehead atoms. The van der Waals surface area contributed by atoms with E-state index in [2.05, 4.69) is 0 Å². The van der Waals surface area contributed by atoms with Crippen molar-refractivity contribution in [2.45, 2.75) is 6.04 Å². The average molecular weight is 330 g/mol. The number of carbonyl (C=O) groups excluding carboxylic acids is 1. The van der Waals surface area contributed by atoms with Crippen molar-refractivity contribution in [3.05, 3.63) is 39.9 Å². The first-order chi connectivity index (χ1) is 9.99. The topological polar surface area (TPSA) is 66.8 Å². The van der Waals surface area contributed by atoms with E-state index in [0.717, 1.165) is 0 Å². The molecule has 2 rings (SSSR count). The molecule has 1 amide bonds. The number of carbonyl (C=O) groups is 2. The van der Waals surface area contributed by atoms with E-state index in [0.29, 0.717) is 22.2 Å². The number of aliphatic carboxylic acids is 1. The molecule has 1 aliphatic heterocycles. The van der Waals surface area contributed by atoms with Gasteiger partial charge in [0.2, 0.25) is 5.91 Å². The van der Waals surface area contributed by atoms with Crippen LogP contribution in [0.3, 0.4) is 0 Å². The van der Waals surface area contributed by atoms with Crippen molar-refractivity contribution in [2.75, 3.05) is 19.8 Å². The van der Waals surface area contributed by atoms with Crippen LogP contribution >= 0.6 is 23.2 Å². The molecular weight excluding hydrogens is 317 g/mol. The highest BCUT2D eigenvalue weighted by atomic mass is 35.5. The number of rotatable bonds is 3. The molecule has 1 aromatic rings. The molecule has 0 spiro atoms. The highest BCUT2D eigenvalue weighted by Crippen LogP contribution is 2.23. The third-order valence-corrected chi connectivity index (χ3v) is 3.80. The van der Waals surface area contributed by atoms with Gasteiger partial charge in [-0.15, -0.1) is 0 Å². The predicted octanol–water partition coefficient (Wildman–Crippen LogP) is 2.32. The maximum absolute atomic E-state index is 12.1. The molecular formula is C14H13Cl2NO4. The first-order valence-corrected chi connectivity index (χ1v) is 6.99. The lowest BCUT2D eigenvalue weighted by Crippen LogP contribution is -2.52. The van der Waals surface area contributed by atoms with Gasteiger partial charge < -0.3 is 14.7 Å². The van der Waals surface area contributed by atoms with Gasteiger partial charge in [-0.25, -0.2) is 4.79 Å². The number of amides is 1. The fourth-order valence-electron chi connectivity index (χ4n) is 1.95. The first kappa shape index (κ1) is 15.8. The van der Waals surface area contributed by atoms with Crippen LogP contribution in [0.4, 0.5) is 0 Å². The zero-order valence-electron chi connectivity index (χ0n) is 11.0. The van der Waals surface area contributed by atoms with Crippen molar-refractivity contribution in [2.24, 2.45) is 0 Å². The van der Waals surface area contributed by atoms with Gasteiger partial charge >= 0.3 is 5.97 Å². The summed E-state index contributed by atoms with van der Waals surface area (Å²) in [6.07, 6.45) is 2.89. The van der Waals surface area contributed by atoms with E-state index < -0.39 is 12.0 Å². The quantitative estimate of drug-likeness (QED) is 0.864. The fraction of sp³-hybridized carbons (Fsp3) is 0.286. The SMILES string of the molecule is O=C(O)C1COCCN1C(=O)C=Cc1ccc(Cl)c(Cl)c1. The summed E-state index contributed by atoms with van der Waals surface area (Å²) in [5, 5.41) is 9.90. The second-order valence-corrected chi connectivity index (χ2v) is 5.28. The molecule has 0 radical (unpaired) electrons. The average Bonchev–Trinajstić information content (AvgIpc) is 2.48. The van der Waals surface area contributed by atoms with E-state index in [1.165, 1.54) is 11.0 Å². The summed E-state index contributed by atoms with van der Waals surface area (Å²) in [6, 6.07) is 4.01. The Bertz CT molecular complexity index is 588. The highest BCUT2D eigenvalue weighted by Gasteiger charge is 2.31. The Kier molecular flexibility index (Phi) is 5.22. The molecule has 112 valence electrons. The number of carboxylic acid groups (broad SMARTS) is 1. The van der Waals surface area contributed by atoms with E-state index in [-0.39, 0.29) is 19.1 Å². The van der Waals surface area contributed by atoms with Crippen molar-refractivity contribution in [3.8, 4) is 0 Å². The number of halogens is 2. The Morgan fingerprint density at radius 2 is 2.10 bits per heavy atom. The zero-order chi connectivity index (χ0) is 15.4. The molecule has 1 aromatic carbocycles. The van der Waals surface area contributed by atoms with Crippen molar-refractivity contribution >= 4 is 41.2 Å². The number of morpholine rings is 1. The van der Waals surface area contributed by atoms with Crippen molar-refractivity contribution in [3.63, 3.8) is 0 Å². The van der Waals surface area contributed by atoms with Crippen molar-refractivity contribution < 1.29 is 19.4 Å². The number of nitrogens with zero attached hydrogens (tertiary/aromatic N) is 1. The third-order valence-electron chi connectivity index (χ3n) is 3.06. The van der Waals surface area contributed by atoms with Crippen LogP contribution in [0.2, 0.25) is 10.0 Å². The molecule has 1 atom stereocenters. The van der Waals surface area contributed by atoms with Gasteiger partial charge in [0.15, 0.2) is 6.04 Å². The van der Waals surface area contributed by atoms with Crippen LogP contribution in [-0.2, 0) is 14.3 Å². The van der Waals surface area contributed by atoms with Gasteiger partial charge in [-0.1, -0.05) is 29.3 Å². The van der Waals surface area contributed by atoms with E-state index in [1.54, 1.807) is 24.3 Å². The molecule has 0 aromatic heterocycles. The molecule has 21 heavy (non-hydrogen) atoms. The van der Waals surface area contributed by atoms with Crippen LogP contribution in [0.15, 0.2) is 24.3 Å². The molecule has 5 nitrogen and oxygen atoms in total. The second-order valence-electron chi connectivity index (χ2n) is 4.47. The Hall–Kier alpha value is -1.56. The summed E-state index contributed by atoms with van der Waals surface area (Å²) in [4.78, 5) is 24.5. The van der Waals surface area contributed by atoms with Gasteiger partial charge in [0.1, 0.15) is 0 Å². The van der Waals surface area contributed by atoms with Crippen molar-refractivity contribution in [1.82, 2.24) is 4.90 Å². The van der Waals surface area contributed by atoms with Gasteiger partial charge in [-0.2, -0.15) is 0 Å². The molecule has 0 aliphatic carbocycles. The summed E-state index contributed by atoms with van der Waals surface area (Å²) < 4.78 is 5.08. The number of hydrogen-bond donors (Lipinski definition) is 1. The van der Waals surface area contributed by atoms with Gasteiger partial charge in [0, 0.05) is 12.6 Å². The summed E-state index contributed by atoms with van der Waals surface area (Å²) in [5.41, 5.74) is 0.706. The van der Waals surface area contributed by atoms with Crippen LogP contribution in [0.25, 0.3) is 6.08 Å². The summed E-state index contributed by atoms with van der Waals surface area (Å²) in [5.74, 6) is -1.46. The highest BCUT2D eigenvalue weighted by molar-refractivity contribution is 6.42. The summed E-state index contributed by atoms with van der Waals surface area (Å²) in [6.45, 7) is 0.583. The van der Waals surface area contributed by atoms with Gasteiger partial charge in [-0.05, 0) is 23.8 Å². The Balaban J connectivity index is 2.10. The molecule has 1 N–H and O–H groups in total. The van der Waals surface area contributed by atoms with E-state index in [4.69, 9.17) is 33.0 Å². The lowest BCUT2D eigenvalue weighted by Gasteiger charge is -2.31. The molecule has 7 heteroatoms. The third kappa shape index (κ3) is 3.97. The molecule has 1 aliphatic rings. The number of hydrogen-bond acceptors (Lipinski definition) is 3. The maximum atomic E-state index is 12.1. The Labute approximate surface area is 131 Å². The summed E-state index contributed by atoms with van der Waals surface area (Å²) >= 11 is 11.7. The number of ether oxygens (including phenoxy) is 1. The molecule has 0 saturated carbocycles. The smallest absolute Gasteiger partial charge is 0.328 e. The maximum Gasteiger partial charge on any atom is 0.328 e. The largest absolute Gasteiger partial charge is 0.480 e. The molecule has 1 saturated heterocycles. The van der Waals surface area contributed by atoms with Gasteiger partial charge in [0.05, 0.1) is 23.3 Å². The monoisotopic (exact) mass is 329 g/mol. The predicted molar refractivity (Wildman–Crippen MR) is 79.5 cm³/mol. The van der Waals surface area contributed by atoms with E-state index in [9.17, 15) is 9.59 Å². The van der Waals surface area contributed by atoms with Gasteiger partial charge in [-0.3, -0.25) is 4.79 Å². The van der Waals surface area contributed by atoms with Crippen LogP contribution in [0.5, 0.6) is 0 Å². The minimum absolute atomic E-state index is 0.00167. The molecule has 1 heterocycles. The van der Waals surface area contributed by atoms with Crippen LogP contribution in [0, 0.1) is 0 Å². The fourth-order valence-corrected chi connectivity index (χ4v) is 2.26. The normalized spacial score (nSPS) is 19.0. The van der Waals surface area contributed by atoms with Gasteiger partial charge in [0.25, 0.3) is 0 Å². The van der Waals surface area contributed by atoms with Crippen LogP contribution in [-0.4, -0.2) is 47.7 Å². The lowest BCUT2D eigenvalue weighted by atomic mass is 10.2. The first-order valence-electron chi connectivity index (χ1n) is 6.23. The molecule has 1 unspecified atom stereocenters. The van der Waals surface area contributed by atoms with Crippen LogP contribution in [0.1, 0.15) is 5.56 Å². The second kappa shape index (κ2) is 6.93. The number of carboxylic acids is 1. The van der Waals surface area contributed by atoms with Crippen molar-refractivity contribution in [1.29, 1.82) is 0 Å². The van der Waals surface area contributed by atoms with E-state index in [1.807, 2.05) is 0 Å². The minimum Gasteiger partial charge on any atom is -0.480 e. The number of benzene rings is 1. The minimum atomic E-state index is -1.08. The lowest BCUT2D eigenvalue weighted by molar-refractivity contribution is -0.156. The Morgan fingerprint density at radius 1 is 1.33 bits per heavy atom. The summed E-state index contributed by atoms with van der Waals surface area (Å²) in [7, 11) is 0. The zero-order valence-corrected chi connectivity index (χ0v) is 12.5.